The lowest BCUT2D eigenvalue weighted by Gasteiger charge is -2.25. The highest BCUT2D eigenvalue weighted by Gasteiger charge is 2.46. The number of thiophene rings is 1. The average molecular weight is 429 g/mol. The first-order valence-electron chi connectivity index (χ1n) is 9.44. The Labute approximate surface area is 178 Å². The Hall–Kier alpha value is -3.04. The Kier molecular flexibility index (Phi) is 6.33. The summed E-state index contributed by atoms with van der Waals surface area (Å²) < 4.78 is 0. The van der Waals surface area contributed by atoms with Crippen LogP contribution in [0.15, 0.2) is 41.3 Å². The molecule has 158 valence electrons. The molecule has 1 saturated heterocycles. The van der Waals surface area contributed by atoms with Gasteiger partial charge in [0.05, 0.1) is 16.5 Å². The lowest BCUT2D eigenvalue weighted by Crippen LogP contribution is -2.32. The topological polar surface area (TPSA) is 104 Å². The number of Topliss-reactive ketones (excluding diaryl/α,β-unsaturated/α-hetero) is 1. The van der Waals surface area contributed by atoms with E-state index in [-0.39, 0.29) is 22.6 Å². The fraction of sp³-hybridized carbons (Fsp3) is 0.333. The van der Waals surface area contributed by atoms with Gasteiger partial charge in [0.1, 0.15) is 5.76 Å². The van der Waals surface area contributed by atoms with E-state index in [2.05, 4.69) is 0 Å². The Morgan fingerprint density at radius 3 is 2.43 bits per heavy atom. The zero-order valence-corrected chi connectivity index (χ0v) is 17.8. The zero-order chi connectivity index (χ0) is 22.0. The first kappa shape index (κ1) is 21.7. The number of carbonyl (C=O) groups is 2. The fourth-order valence-corrected chi connectivity index (χ4v) is 4.55. The molecule has 1 N–H and O–H groups in total. The van der Waals surface area contributed by atoms with E-state index in [0.717, 1.165) is 17.0 Å². The van der Waals surface area contributed by atoms with E-state index in [4.69, 9.17) is 0 Å². The second-order valence-electron chi connectivity index (χ2n) is 7.42. The van der Waals surface area contributed by atoms with Crippen molar-refractivity contribution in [3.63, 3.8) is 0 Å². The first-order chi connectivity index (χ1) is 14.2. The Bertz CT molecular complexity index is 1010. The summed E-state index contributed by atoms with van der Waals surface area (Å²) in [6, 6.07) is 6.51. The van der Waals surface area contributed by atoms with Gasteiger partial charge in [-0.05, 0) is 63.1 Å². The molecule has 0 aliphatic carbocycles. The molecular formula is C21H23N3O5S. The van der Waals surface area contributed by atoms with Crippen LogP contribution >= 0.6 is 11.3 Å². The summed E-state index contributed by atoms with van der Waals surface area (Å²) in [5, 5.41) is 23.7. The molecule has 3 rings (SSSR count). The SMILES string of the molecule is Cc1ccsc1C1/C(=C(/O)c2ccc([N+](=O)[O-])cc2)C(=O)C(=O)N1CCCN(C)C. The van der Waals surface area contributed by atoms with Gasteiger partial charge in [-0.3, -0.25) is 19.7 Å². The molecule has 9 heteroatoms. The van der Waals surface area contributed by atoms with E-state index in [1.807, 2.05) is 37.4 Å². The van der Waals surface area contributed by atoms with Gasteiger partial charge < -0.3 is 14.9 Å². The predicted molar refractivity (Wildman–Crippen MR) is 114 cm³/mol. The molecule has 1 unspecified atom stereocenters. The number of carbonyl (C=O) groups excluding carboxylic acids is 2. The molecule has 1 fully saturated rings. The number of amides is 1. The van der Waals surface area contributed by atoms with Crippen LogP contribution in [0.5, 0.6) is 0 Å². The van der Waals surface area contributed by atoms with Crippen molar-refractivity contribution in [1.82, 2.24) is 9.80 Å². The number of rotatable bonds is 7. The highest BCUT2D eigenvalue weighted by Crippen LogP contribution is 2.42. The molecule has 0 bridgehead atoms. The van der Waals surface area contributed by atoms with Gasteiger partial charge in [-0.2, -0.15) is 0 Å². The van der Waals surface area contributed by atoms with Gasteiger partial charge in [0.15, 0.2) is 0 Å². The third-order valence-corrected chi connectivity index (χ3v) is 6.12. The Morgan fingerprint density at radius 1 is 1.23 bits per heavy atom. The number of nitro groups is 1. The van der Waals surface area contributed by atoms with Gasteiger partial charge in [0.2, 0.25) is 0 Å². The summed E-state index contributed by atoms with van der Waals surface area (Å²) >= 11 is 1.43. The van der Waals surface area contributed by atoms with Gasteiger partial charge in [-0.1, -0.05) is 0 Å². The molecule has 1 aromatic carbocycles. The summed E-state index contributed by atoms with van der Waals surface area (Å²) in [4.78, 5) is 40.4. The maximum atomic E-state index is 12.9. The number of benzene rings is 1. The highest BCUT2D eigenvalue weighted by molar-refractivity contribution is 7.10. The fourth-order valence-electron chi connectivity index (χ4n) is 3.50. The summed E-state index contributed by atoms with van der Waals surface area (Å²) in [6.07, 6.45) is 0.679. The smallest absolute Gasteiger partial charge is 0.295 e. The molecule has 2 aromatic rings. The van der Waals surface area contributed by atoms with Gasteiger partial charge in [-0.25, -0.2) is 0 Å². The van der Waals surface area contributed by atoms with E-state index in [0.29, 0.717) is 13.0 Å². The molecule has 8 nitrogen and oxygen atoms in total. The molecule has 1 atom stereocenters. The molecular weight excluding hydrogens is 406 g/mol. The van der Waals surface area contributed by atoms with E-state index >= 15 is 0 Å². The number of aliphatic hydroxyl groups is 1. The van der Waals surface area contributed by atoms with Crippen LogP contribution in [0, 0.1) is 17.0 Å². The molecule has 1 amide bonds. The Morgan fingerprint density at radius 2 is 1.90 bits per heavy atom. The second kappa shape index (κ2) is 8.76. The Balaban J connectivity index is 2.07. The van der Waals surface area contributed by atoms with Crippen LogP contribution in [0.3, 0.4) is 0 Å². The maximum Gasteiger partial charge on any atom is 0.295 e. The lowest BCUT2D eigenvalue weighted by molar-refractivity contribution is -0.384. The number of likely N-dealkylation sites (tertiary alicyclic amines) is 1. The largest absolute Gasteiger partial charge is 0.507 e. The third kappa shape index (κ3) is 4.12. The molecule has 0 radical (unpaired) electrons. The van der Waals surface area contributed by atoms with Crippen LogP contribution < -0.4 is 0 Å². The van der Waals surface area contributed by atoms with Crippen LogP contribution in [-0.4, -0.2) is 58.7 Å². The second-order valence-corrected chi connectivity index (χ2v) is 8.37. The van der Waals surface area contributed by atoms with Crippen LogP contribution in [0.2, 0.25) is 0 Å². The standard InChI is InChI=1S/C21H23N3O5S/c1-13-9-12-30-20(13)17-16(18(25)14-5-7-15(8-6-14)24(28)29)19(26)21(27)23(17)11-4-10-22(2)3/h5-9,12,17,25H,4,10-11H2,1-3H3/b18-16-. The number of non-ortho nitro benzene ring substituents is 1. The van der Waals surface area contributed by atoms with E-state index in [1.165, 1.54) is 40.5 Å². The predicted octanol–water partition coefficient (Wildman–Crippen LogP) is 3.34. The van der Waals surface area contributed by atoms with Crippen molar-refractivity contribution in [3.05, 3.63) is 67.4 Å². The number of ketones is 1. The highest BCUT2D eigenvalue weighted by atomic mass is 32.1. The van der Waals surface area contributed by atoms with Crippen molar-refractivity contribution in [3.8, 4) is 0 Å². The van der Waals surface area contributed by atoms with Crippen LogP contribution in [0.4, 0.5) is 5.69 Å². The van der Waals surface area contributed by atoms with Crippen molar-refractivity contribution in [1.29, 1.82) is 0 Å². The molecule has 1 aliphatic rings. The molecule has 1 aliphatic heterocycles. The summed E-state index contributed by atoms with van der Waals surface area (Å²) in [5.74, 6) is -1.71. The van der Waals surface area contributed by atoms with Crippen molar-refractivity contribution in [2.24, 2.45) is 0 Å². The van der Waals surface area contributed by atoms with Crippen LogP contribution in [0.1, 0.15) is 28.5 Å². The molecule has 0 saturated carbocycles. The maximum absolute atomic E-state index is 12.9. The average Bonchev–Trinajstić information content (AvgIpc) is 3.23. The normalized spacial score (nSPS) is 18.4. The quantitative estimate of drug-likeness (QED) is 0.238. The number of nitrogens with zero attached hydrogens (tertiary/aromatic N) is 3. The zero-order valence-electron chi connectivity index (χ0n) is 17.0. The van der Waals surface area contributed by atoms with Gasteiger partial charge in [0, 0.05) is 29.1 Å². The monoisotopic (exact) mass is 429 g/mol. The number of hydrogen-bond acceptors (Lipinski definition) is 7. The number of aliphatic hydroxyl groups excluding tert-OH is 1. The summed E-state index contributed by atoms with van der Waals surface area (Å²) in [6.45, 7) is 3.03. The molecule has 2 heterocycles. The van der Waals surface area contributed by atoms with Crippen molar-refractivity contribution < 1.29 is 19.6 Å². The first-order valence-corrected chi connectivity index (χ1v) is 10.3. The summed E-state index contributed by atoms with van der Waals surface area (Å²) in [5.41, 5.74) is 1.08. The minimum Gasteiger partial charge on any atom is -0.507 e. The van der Waals surface area contributed by atoms with Gasteiger partial charge in [0.25, 0.3) is 17.4 Å². The van der Waals surface area contributed by atoms with Crippen LogP contribution in [-0.2, 0) is 9.59 Å². The van der Waals surface area contributed by atoms with Crippen molar-refractivity contribution >= 4 is 34.5 Å². The minimum absolute atomic E-state index is 0.0178. The van der Waals surface area contributed by atoms with E-state index in [9.17, 15) is 24.8 Å². The number of hydrogen-bond donors (Lipinski definition) is 1. The van der Waals surface area contributed by atoms with Gasteiger partial charge in [-0.15, -0.1) is 11.3 Å². The number of aryl methyl sites for hydroxylation is 1. The van der Waals surface area contributed by atoms with Gasteiger partial charge >= 0.3 is 0 Å². The molecule has 30 heavy (non-hydrogen) atoms. The molecule has 0 spiro atoms. The lowest BCUT2D eigenvalue weighted by atomic mass is 9.98. The van der Waals surface area contributed by atoms with E-state index < -0.39 is 22.7 Å². The van der Waals surface area contributed by atoms with Crippen molar-refractivity contribution in [2.45, 2.75) is 19.4 Å². The summed E-state index contributed by atoms with van der Waals surface area (Å²) in [7, 11) is 3.87. The third-order valence-electron chi connectivity index (χ3n) is 5.05. The van der Waals surface area contributed by atoms with Crippen LogP contribution in [0.25, 0.3) is 5.76 Å². The molecule has 1 aromatic heterocycles. The van der Waals surface area contributed by atoms with E-state index in [1.54, 1.807) is 0 Å². The minimum atomic E-state index is -0.742. The number of nitro benzene ring substituents is 1. The van der Waals surface area contributed by atoms with Crippen molar-refractivity contribution in [2.75, 3.05) is 27.2 Å².